The third-order valence-electron chi connectivity index (χ3n) is 1.08. The summed E-state index contributed by atoms with van der Waals surface area (Å²) in [5.41, 5.74) is 0. The van der Waals surface area contributed by atoms with Crippen LogP contribution in [0.3, 0.4) is 0 Å². The Bertz CT molecular complexity index is 398. The second-order valence-electron chi connectivity index (χ2n) is 1.69. The molecular formula is C5H6N2O3S. The zero-order valence-corrected chi connectivity index (χ0v) is 6.55. The number of nitrogens with zero attached hydrogens (tertiary/aromatic N) is 1. The Hall–Kier alpha value is -1.30. The van der Waals surface area contributed by atoms with E-state index in [1.54, 1.807) is 0 Å². The van der Waals surface area contributed by atoms with Crippen molar-refractivity contribution in [3.63, 3.8) is 0 Å². The molecule has 0 bridgehead atoms. The summed E-state index contributed by atoms with van der Waals surface area (Å²) in [6.07, 6.45) is 1.41. The predicted molar refractivity (Wildman–Crippen MR) is 37.3 cm³/mol. The maximum atomic E-state index is 10.4. The molecule has 1 aromatic heterocycles. The number of hydrogen-bond acceptors (Lipinski definition) is 4. The van der Waals surface area contributed by atoms with E-state index in [9.17, 15) is 8.42 Å². The van der Waals surface area contributed by atoms with E-state index >= 15 is 0 Å². The van der Waals surface area contributed by atoms with Crippen molar-refractivity contribution in [1.82, 2.24) is 10.2 Å². The molecule has 6 heteroatoms. The third-order valence-corrected chi connectivity index (χ3v) is 1.70. The second-order valence-corrected chi connectivity index (χ2v) is 2.57. The average Bonchev–Trinajstić information content (AvgIpc) is 2.04. The van der Waals surface area contributed by atoms with Gasteiger partial charge in [-0.05, 0) is 0 Å². The summed E-state index contributed by atoms with van der Waals surface area (Å²) in [4.78, 5) is 0. The Labute approximate surface area is 64.2 Å². The lowest BCUT2D eigenvalue weighted by Crippen LogP contribution is -1.89. The van der Waals surface area contributed by atoms with Crippen LogP contribution in [0.15, 0.2) is 12.3 Å². The zero-order valence-electron chi connectivity index (χ0n) is 5.73. The molecule has 0 atom stereocenters. The number of aromatic amines is 1. The summed E-state index contributed by atoms with van der Waals surface area (Å²) in [7, 11) is -0.945. The fourth-order valence-electron chi connectivity index (χ4n) is 0.612. The highest BCUT2D eigenvalue weighted by Gasteiger charge is 1.94. The van der Waals surface area contributed by atoms with E-state index in [1.165, 1.54) is 19.4 Å². The minimum atomic E-state index is -2.33. The highest BCUT2D eigenvalue weighted by atomic mass is 32.2. The van der Waals surface area contributed by atoms with E-state index in [4.69, 9.17) is 4.74 Å². The van der Waals surface area contributed by atoms with Gasteiger partial charge in [-0.3, -0.25) is 5.10 Å². The molecule has 0 aliphatic rings. The van der Waals surface area contributed by atoms with E-state index in [1.807, 2.05) is 0 Å². The lowest BCUT2D eigenvalue weighted by molar-refractivity contribution is 0.409. The van der Waals surface area contributed by atoms with Crippen LogP contribution in [0.25, 0.3) is 0 Å². The fraction of sp³-hybridized carbons (Fsp3) is 0.200. The molecule has 1 heterocycles. The highest BCUT2D eigenvalue weighted by Crippen LogP contribution is 2.05. The Balaban J connectivity index is 3.63. The molecule has 0 aliphatic heterocycles. The highest BCUT2D eigenvalue weighted by molar-refractivity contribution is 7.63. The summed E-state index contributed by atoms with van der Waals surface area (Å²) in [5.74, 6) is 0.258. The molecule has 11 heavy (non-hydrogen) atoms. The van der Waals surface area contributed by atoms with Gasteiger partial charge in [0.2, 0.25) is 14.9 Å². The minimum Gasteiger partial charge on any atom is -0.493 e. The number of ether oxygens (including phenoxy) is 1. The molecule has 60 valence electrons. The lowest BCUT2D eigenvalue weighted by Gasteiger charge is -1.94. The monoisotopic (exact) mass is 174 g/mol. The number of methoxy groups -OCH3 is 1. The third kappa shape index (κ3) is 1.58. The Kier molecular flexibility index (Phi) is 2.27. The molecule has 0 saturated carbocycles. The van der Waals surface area contributed by atoms with Gasteiger partial charge in [0.15, 0.2) is 5.75 Å². The molecule has 0 aliphatic carbocycles. The molecule has 1 N–H and O–H groups in total. The van der Waals surface area contributed by atoms with Crippen molar-refractivity contribution in [1.29, 1.82) is 0 Å². The summed E-state index contributed by atoms with van der Waals surface area (Å²) < 4.78 is 25.6. The lowest BCUT2D eigenvalue weighted by atomic mass is 10.5. The van der Waals surface area contributed by atoms with Gasteiger partial charge in [-0.15, -0.1) is 0 Å². The molecule has 0 fully saturated rings. The second kappa shape index (κ2) is 3.20. The summed E-state index contributed by atoms with van der Waals surface area (Å²) in [6.45, 7) is 0. The maximum Gasteiger partial charge on any atom is 0.243 e. The smallest absolute Gasteiger partial charge is 0.243 e. The van der Waals surface area contributed by atoms with Crippen LogP contribution in [0, 0.1) is 4.64 Å². The summed E-state index contributed by atoms with van der Waals surface area (Å²) in [5, 5.41) is 5.82. The average molecular weight is 174 g/mol. The Morgan fingerprint density at radius 1 is 1.64 bits per heavy atom. The first-order valence-corrected chi connectivity index (χ1v) is 3.83. The normalized spacial score (nSPS) is 9.18. The molecule has 0 amide bonds. The Morgan fingerprint density at radius 2 is 2.36 bits per heavy atom. The van der Waals surface area contributed by atoms with Gasteiger partial charge in [-0.2, -0.15) is 13.5 Å². The quantitative estimate of drug-likeness (QED) is 0.600. The van der Waals surface area contributed by atoms with Crippen LogP contribution in [-0.2, 0) is 10.3 Å². The van der Waals surface area contributed by atoms with Crippen molar-refractivity contribution in [2.45, 2.75) is 0 Å². The van der Waals surface area contributed by atoms with Gasteiger partial charge in [-0.25, -0.2) is 0 Å². The van der Waals surface area contributed by atoms with E-state index in [2.05, 4.69) is 10.2 Å². The van der Waals surface area contributed by atoms with Crippen molar-refractivity contribution in [2.24, 2.45) is 0 Å². The fourth-order valence-corrected chi connectivity index (χ4v) is 1.05. The minimum absolute atomic E-state index is 0.0463. The molecule has 0 spiro atoms. The number of nitrogens with one attached hydrogen (secondary N) is 1. The van der Waals surface area contributed by atoms with Crippen molar-refractivity contribution < 1.29 is 13.2 Å². The predicted octanol–water partition coefficient (Wildman–Crippen LogP) is -0.171. The number of hydrogen-bond donors (Lipinski definition) is 1. The van der Waals surface area contributed by atoms with E-state index in [-0.39, 0.29) is 10.4 Å². The van der Waals surface area contributed by atoms with Gasteiger partial charge in [-0.1, -0.05) is 0 Å². The zero-order chi connectivity index (χ0) is 8.27. The van der Waals surface area contributed by atoms with Gasteiger partial charge in [0, 0.05) is 6.07 Å². The van der Waals surface area contributed by atoms with E-state index in [0.717, 1.165) is 0 Å². The molecule has 1 aromatic rings. The molecule has 0 radical (unpaired) electrons. The molecule has 1 rings (SSSR count). The van der Waals surface area contributed by atoms with Gasteiger partial charge >= 0.3 is 0 Å². The molecule has 0 aromatic carbocycles. The first-order valence-electron chi connectivity index (χ1n) is 2.75. The maximum absolute atomic E-state index is 10.4. The molecular weight excluding hydrogens is 168 g/mol. The van der Waals surface area contributed by atoms with Gasteiger partial charge < -0.3 is 4.74 Å². The molecule has 0 unspecified atom stereocenters. The van der Waals surface area contributed by atoms with Crippen molar-refractivity contribution >= 4 is 10.3 Å². The number of rotatable bonds is 1. The summed E-state index contributed by atoms with van der Waals surface area (Å²) in [6, 6.07) is 1.46. The SMILES string of the molecule is COc1ccn[nH]c1=S(=O)=O. The van der Waals surface area contributed by atoms with Crippen LogP contribution >= 0.6 is 0 Å². The van der Waals surface area contributed by atoms with Crippen LogP contribution in [-0.4, -0.2) is 25.7 Å². The van der Waals surface area contributed by atoms with Crippen molar-refractivity contribution in [3.05, 3.63) is 16.9 Å². The topological polar surface area (TPSA) is 72.0 Å². The first-order chi connectivity index (χ1) is 5.25. The molecule has 5 nitrogen and oxygen atoms in total. The molecule has 0 saturated heterocycles. The van der Waals surface area contributed by atoms with Crippen molar-refractivity contribution in [2.75, 3.05) is 7.11 Å². The van der Waals surface area contributed by atoms with E-state index in [0.29, 0.717) is 0 Å². The van der Waals surface area contributed by atoms with Gasteiger partial charge in [0.1, 0.15) is 0 Å². The summed E-state index contributed by atoms with van der Waals surface area (Å²) >= 11 is 0. The van der Waals surface area contributed by atoms with Gasteiger partial charge in [0.25, 0.3) is 0 Å². The van der Waals surface area contributed by atoms with Crippen LogP contribution in [0.4, 0.5) is 0 Å². The standard InChI is InChI=1S/C5H6N2O3S/c1-10-4-2-3-6-7-5(4)11(8)9/h2-3,7H,1H3. The van der Waals surface area contributed by atoms with Crippen molar-refractivity contribution in [3.8, 4) is 5.75 Å². The van der Waals surface area contributed by atoms with Crippen LogP contribution < -0.4 is 4.74 Å². The largest absolute Gasteiger partial charge is 0.493 e. The Morgan fingerprint density at radius 3 is 2.82 bits per heavy atom. The van der Waals surface area contributed by atoms with E-state index < -0.39 is 10.3 Å². The number of aromatic nitrogens is 2. The van der Waals surface area contributed by atoms with Crippen LogP contribution in [0.2, 0.25) is 0 Å². The first kappa shape index (κ1) is 7.80. The number of H-pyrrole nitrogens is 1. The van der Waals surface area contributed by atoms with Crippen LogP contribution in [0.1, 0.15) is 0 Å². The van der Waals surface area contributed by atoms with Crippen LogP contribution in [0.5, 0.6) is 5.75 Å². The van der Waals surface area contributed by atoms with Gasteiger partial charge in [0.05, 0.1) is 13.3 Å².